The molecule has 1 heterocycles. The average molecular weight is 299 g/mol. The lowest BCUT2D eigenvalue weighted by atomic mass is 10.2. The Kier molecular flexibility index (Phi) is 5.62. The summed E-state index contributed by atoms with van der Waals surface area (Å²) in [6.45, 7) is 7.17. The quantitative estimate of drug-likeness (QED) is 0.815. The minimum atomic E-state index is -0.595. The molecule has 6 nitrogen and oxygen atoms in total. The number of hydrogen-bond donors (Lipinski definition) is 2. The van der Waals surface area contributed by atoms with Gasteiger partial charge in [-0.15, -0.1) is 0 Å². The van der Waals surface area contributed by atoms with Gasteiger partial charge in [0.05, 0.1) is 6.20 Å². The number of anilines is 1. The van der Waals surface area contributed by atoms with Crippen LogP contribution < -0.4 is 5.32 Å². The molecule has 7 heteroatoms. The van der Waals surface area contributed by atoms with E-state index in [1.54, 1.807) is 32.5 Å². The SMILES string of the molecule is CSCC(C)C(=O)Nc1[nH]ncc1C(=O)OC(C)(C)C. The number of carbonyl (C=O) groups excluding carboxylic acids is 2. The van der Waals surface area contributed by atoms with Gasteiger partial charge in [-0.05, 0) is 27.0 Å². The minimum Gasteiger partial charge on any atom is -0.456 e. The average Bonchev–Trinajstić information content (AvgIpc) is 2.75. The van der Waals surface area contributed by atoms with Gasteiger partial charge in [0, 0.05) is 11.7 Å². The fraction of sp³-hybridized carbons (Fsp3) is 0.615. The van der Waals surface area contributed by atoms with Gasteiger partial charge in [0.1, 0.15) is 17.0 Å². The summed E-state index contributed by atoms with van der Waals surface area (Å²) in [5.74, 6) is 0.159. The van der Waals surface area contributed by atoms with Crippen LogP contribution in [0.5, 0.6) is 0 Å². The van der Waals surface area contributed by atoms with Crippen LogP contribution >= 0.6 is 11.8 Å². The van der Waals surface area contributed by atoms with Gasteiger partial charge in [-0.1, -0.05) is 6.92 Å². The maximum absolute atomic E-state index is 12.0. The third-order valence-corrected chi connectivity index (χ3v) is 3.20. The summed E-state index contributed by atoms with van der Waals surface area (Å²) in [4.78, 5) is 23.9. The summed E-state index contributed by atoms with van der Waals surface area (Å²) in [7, 11) is 0. The predicted molar refractivity (Wildman–Crippen MR) is 79.9 cm³/mol. The first-order chi connectivity index (χ1) is 9.24. The first kappa shape index (κ1) is 16.6. The Balaban J connectivity index is 2.77. The van der Waals surface area contributed by atoms with Crippen molar-refractivity contribution in [1.82, 2.24) is 10.2 Å². The number of thioether (sulfide) groups is 1. The van der Waals surface area contributed by atoms with Crippen LogP contribution in [0.1, 0.15) is 38.1 Å². The van der Waals surface area contributed by atoms with Gasteiger partial charge in [-0.25, -0.2) is 4.79 Å². The Labute approximate surface area is 123 Å². The molecule has 1 rings (SSSR count). The van der Waals surface area contributed by atoms with Gasteiger partial charge in [0.2, 0.25) is 5.91 Å². The number of H-pyrrole nitrogens is 1. The lowest BCUT2D eigenvalue weighted by molar-refractivity contribution is -0.118. The van der Waals surface area contributed by atoms with Crippen molar-refractivity contribution in [3.63, 3.8) is 0 Å². The Morgan fingerprint density at radius 3 is 2.70 bits per heavy atom. The molecule has 1 atom stereocenters. The van der Waals surface area contributed by atoms with Crippen molar-refractivity contribution in [2.45, 2.75) is 33.3 Å². The number of hydrogen-bond acceptors (Lipinski definition) is 5. The number of amides is 1. The number of aromatic nitrogens is 2. The van der Waals surface area contributed by atoms with Crippen molar-refractivity contribution < 1.29 is 14.3 Å². The minimum absolute atomic E-state index is 0.153. The fourth-order valence-corrected chi connectivity index (χ4v) is 2.09. The molecular formula is C13H21N3O3S. The van der Waals surface area contributed by atoms with Crippen LogP contribution in [0.4, 0.5) is 5.82 Å². The molecule has 1 unspecified atom stereocenters. The first-order valence-electron chi connectivity index (χ1n) is 6.31. The standard InChI is InChI=1S/C13H21N3O3S/c1-8(7-20-5)11(17)15-10-9(6-14-16-10)12(18)19-13(2,3)4/h6,8H,7H2,1-5H3,(H2,14,15,16,17). The highest BCUT2D eigenvalue weighted by Gasteiger charge is 2.23. The zero-order valence-electron chi connectivity index (χ0n) is 12.4. The van der Waals surface area contributed by atoms with Crippen molar-refractivity contribution in [2.75, 3.05) is 17.3 Å². The van der Waals surface area contributed by atoms with Crippen LogP contribution in [-0.2, 0) is 9.53 Å². The third kappa shape index (κ3) is 4.88. The Morgan fingerprint density at radius 2 is 2.15 bits per heavy atom. The van der Waals surface area contributed by atoms with E-state index in [0.29, 0.717) is 5.75 Å². The highest BCUT2D eigenvalue weighted by Crippen LogP contribution is 2.18. The van der Waals surface area contributed by atoms with Gasteiger partial charge < -0.3 is 10.1 Å². The number of ether oxygens (including phenoxy) is 1. The van der Waals surface area contributed by atoms with E-state index in [1.807, 2.05) is 13.2 Å². The predicted octanol–water partition coefficient (Wildman–Crippen LogP) is 2.30. The highest BCUT2D eigenvalue weighted by atomic mass is 32.2. The van der Waals surface area contributed by atoms with Crippen molar-refractivity contribution in [1.29, 1.82) is 0 Å². The van der Waals surface area contributed by atoms with E-state index < -0.39 is 11.6 Å². The molecule has 0 aromatic carbocycles. The molecule has 0 aliphatic rings. The third-order valence-electron chi connectivity index (χ3n) is 2.37. The van der Waals surface area contributed by atoms with Gasteiger partial charge in [0.25, 0.3) is 0 Å². The van der Waals surface area contributed by atoms with E-state index in [1.165, 1.54) is 6.20 Å². The van der Waals surface area contributed by atoms with Gasteiger partial charge in [-0.3, -0.25) is 9.89 Å². The van der Waals surface area contributed by atoms with Gasteiger partial charge in [-0.2, -0.15) is 16.9 Å². The van der Waals surface area contributed by atoms with Crippen LogP contribution in [0.3, 0.4) is 0 Å². The molecule has 1 amide bonds. The number of aromatic amines is 1. The van der Waals surface area contributed by atoms with Crippen LogP contribution in [0, 0.1) is 5.92 Å². The van der Waals surface area contributed by atoms with Gasteiger partial charge >= 0.3 is 5.97 Å². The molecule has 1 aromatic rings. The maximum atomic E-state index is 12.0. The summed E-state index contributed by atoms with van der Waals surface area (Å²) in [5, 5.41) is 9.07. The molecular weight excluding hydrogens is 278 g/mol. The molecule has 0 saturated heterocycles. The van der Waals surface area contributed by atoms with Crippen LogP contribution in [0.2, 0.25) is 0 Å². The Bertz CT molecular complexity index is 479. The molecule has 2 N–H and O–H groups in total. The van der Waals surface area contributed by atoms with E-state index in [2.05, 4.69) is 15.5 Å². The number of nitrogens with zero attached hydrogens (tertiary/aromatic N) is 1. The van der Waals surface area contributed by atoms with E-state index in [0.717, 1.165) is 0 Å². The molecule has 0 aliphatic heterocycles. The molecule has 1 aromatic heterocycles. The molecule has 0 spiro atoms. The van der Waals surface area contributed by atoms with E-state index in [-0.39, 0.29) is 23.2 Å². The number of rotatable bonds is 5. The van der Waals surface area contributed by atoms with Crippen LogP contribution in [0.25, 0.3) is 0 Å². The molecule has 0 saturated carbocycles. The van der Waals surface area contributed by atoms with Crippen molar-refractivity contribution in [2.24, 2.45) is 5.92 Å². The molecule has 0 aliphatic carbocycles. The highest BCUT2D eigenvalue weighted by molar-refractivity contribution is 7.98. The lowest BCUT2D eigenvalue weighted by Gasteiger charge is -2.19. The van der Waals surface area contributed by atoms with Crippen LogP contribution in [0.15, 0.2) is 6.20 Å². The lowest BCUT2D eigenvalue weighted by Crippen LogP contribution is -2.26. The molecule has 112 valence electrons. The number of nitrogens with one attached hydrogen (secondary N) is 2. The van der Waals surface area contributed by atoms with Gasteiger partial charge in [0.15, 0.2) is 0 Å². The smallest absolute Gasteiger partial charge is 0.344 e. The summed E-state index contributed by atoms with van der Waals surface area (Å²) < 4.78 is 5.26. The van der Waals surface area contributed by atoms with E-state index >= 15 is 0 Å². The summed E-state index contributed by atoms with van der Waals surface area (Å²) in [6, 6.07) is 0. The largest absolute Gasteiger partial charge is 0.456 e. The van der Waals surface area contributed by atoms with E-state index in [9.17, 15) is 9.59 Å². The Hall–Kier alpha value is -1.50. The zero-order valence-corrected chi connectivity index (χ0v) is 13.3. The first-order valence-corrected chi connectivity index (χ1v) is 7.70. The van der Waals surface area contributed by atoms with Crippen LogP contribution in [-0.4, -0.2) is 39.7 Å². The second-order valence-corrected chi connectivity index (χ2v) is 6.42. The van der Waals surface area contributed by atoms with Crippen molar-refractivity contribution >= 4 is 29.5 Å². The molecule has 0 fully saturated rings. The number of esters is 1. The van der Waals surface area contributed by atoms with Crippen molar-refractivity contribution in [3.8, 4) is 0 Å². The van der Waals surface area contributed by atoms with E-state index in [4.69, 9.17) is 4.74 Å². The summed E-state index contributed by atoms with van der Waals surface area (Å²) in [6.07, 6.45) is 3.29. The molecule has 20 heavy (non-hydrogen) atoms. The summed E-state index contributed by atoms with van der Waals surface area (Å²) >= 11 is 1.59. The topological polar surface area (TPSA) is 84.1 Å². The fourth-order valence-electron chi connectivity index (χ4n) is 1.44. The number of carbonyl (C=O) groups is 2. The second-order valence-electron chi connectivity index (χ2n) is 5.51. The summed E-state index contributed by atoms with van der Waals surface area (Å²) in [5.41, 5.74) is -0.369. The normalized spacial score (nSPS) is 12.8. The van der Waals surface area contributed by atoms with Crippen molar-refractivity contribution in [3.05, 3.63) is 11.8 Å². The molecule has 0 radical (unpaired) electrons. The second kappa shape index (κ2) is 6.78. The molecule has 0 bridgehead atoms. The zero-order chi connectivity index (χ0) is 15.3. The monoisotopic (exact) mass is 299 g/mol. The Morgan fingerprint density at radius 1 is 1.50 bits per heavy atom. The maximum Gasteiger partial charge on any atom is 0.344 e.